The van der Waals surface area contributed by atoms with Crippen LogP contribution in [0.15, 0.2) is 0 Å². The summed E-state index contributed by atoms with van der Waals surface area (Å²) in [6.07, 6.45) is 2.83. The minimum atomic E-state index is -0.424. The van der Waals surface area contributed by atoms with Gasteiger partial charge in [0.15, 0.2) is 6.23 Å². The zero-order chi connectivity index (χ0) is 12.1. The summed E-state index contributed by atoms with van der Waals surface area (Å²) >= 11 is 0. The van der Waals surface area contributed by atoms with Crippen molar-refractivity contribution in [2.45, 2.75) is 39.3 Å². The average molecular weight is 228 g/mol. The summed E-state index contributed by atoms with van der Waals surface area (Å²) in [7, 11) is 1.66. The third-order valence-electron chi connectivity index (χ3n) is 2.71. The van der Waals surface area contributed by atoms with Crippen molar-refractivity contribution in [1.82, 2.24) is 9.80 Å². The predicted octanol–water partition coefficient (Wildman–Crippen LogP) is 1.43. The summed E-state index contributed by atoms with van der Waals surface area (Å²) in [4.78, 5) is 25.8. The van der Waals surface area contributed by atoms with Gasteiger partial charge in [-0.05, 0) is 6.42 Å². The third kappa shape index (κ3) is 3.12. The average Bonchev–Trinajstić information content (AvgIpc) is 2.47. The highest BCUT2D eigenvalue weighted by Gasteiger charge is 2.35. The summed E-state index contributed by atoms with van der Waals surface area (Å²) in [5, 5.41) is 0. The van der Waals surface area contributed by atoms with Crippen molar-refractivity contribution in [3.05, 3.63) is 0 Å². The molecule has 16 heavy (non-hydrogen) atoms. The van der Waals surface area contributed by atoms with Crippen LogP contribution in [0.25, 0.3) is 0 Å². The molecule has 1 atom stereocenters. The lowest BCUT2D eigenvalue weighted by atomic mass is 10.2. The molecule has 1 heterocycles. The molecule has 5 heteroatoms. The Morgan fingerprint density at radius 3 is 2.75 bits per heavy atom. The smallest absolute Gasteiger partial charge is 0.322 e. The van der Waals surface area contributed by atoms with E-state index in [-0.39, 0.29) is 12.0 Å². The predicted molar refractivity (Wildman–Crippen MR) is 59.8 cm³/mol. The van der Waals surface area contributed by atoms with E-state index in [9.17, 15) is 9.59 Å². The lowest BCUT2D eigenvalue weighted by Gasteiger charge is -2.16. The van der Waals surface area contributed by atoms with Gasteiger partial charge in [-0.15, -0.1) is 0 Å². The zero-order valence-corrected chi connectivity index (χ0v) is 10.2. The maximum atomic E-state index is 11.8. The number of nitrogens with zero attached hydrogens (tertiary/aromatic N) is 2. The van der Waals surface area contributed by atoms with Gasteiger partial charge in [-0.2, -0.15) is 0 Å². The maximum Gasteiger partial charge on any atom is 0.322 e. The Balaban J connectivity index is 2.44. The number of rotatable bonds is 5. The van der Waals surface area contributed by atoms with Crippen molar-refractivity contribution in [1.29, 1.82) is 0 Å². The molecule has 0 aromatic carbocycles. The van der Waals surface area contributed by atoms with E-state index in [1.165, 1.54) is 11.8 Å². The van der Waals surface area contributed by atoms with E-state index < -0.39 is 6.23 Å². The molecule has 0 aromatic heterocycles. The summed E-state index contributed by atoms with van der Waals surface area (Å²) in [5.74, 6) is -0.347. The van der Waals surface area contributed by atoms with Gasteiger partial charge in [0, 0.05) is 20.5 Å². The van der Waals surface area contributed by atoms with Crippen molar-refractivity contribution in [2.24, 2.45) is 0 Å². The van der Waals surface area contributed by atoms with Crippen LogP contribution in [0.4, 0.5) is 4.79 Å². The second-order valence-corrected chi connectivity index (χ2v) is 4.11. The van der Waals surface area contributed by atoms with Gasteiger partial charge in [0.1, 0.15) is 0 Å². The van der Waals surface area contributed by atoms with Gasteiger partial charge in [-0.25, -0.2) is 4.79 Å². The fourth-order valence-electron chi connectivity index (χ4n) is 1.78. The van der Waals surface area contributed by atoms with Gasteiger partial charge < -0.3 is 9.64 Å². The van der Waals surface area contributed by atoms with Crippen LogP contribution in [-0.4, -0.2) is 48.2 Å². The lowest BCUT2D eigenvalue weighted by Crippen LogP contribution is -2.33. The van der Waals surface area contributed by atoms with Crippen molar-refractivity contribution < 1.29 is 14.3 Å². The number of carbonyl (C=O) groups excluding carboxylic acids is 2. The summed E-state index contributed by atoms with van der Waals surface area (Å²) in [6, 6.07) is -0.0534. The first kappa shape index (κ1) is 12.8. The maximum absolute atomic E-state index is 11.8. The minimum absolute atomic E-state index is 0.0534. The molecule has 0 bridgehead atoms. The van der Waals surface area contributed by atoms with E-state index in [0.29, 0.717) is 6.54 Å². The van der Waals surface area contributed by atoms with Gasteiger partial charge in [0.25, 0.3) is 0 Å². The van der Waals surface area contributed by atoms with Crippen LogP contribution < -0.4 is 0 Å². The second kappa shape index (κ2) is 5.72. The molecule has 2 amide bonds. The largest absolute Gasteiger partial charge is 0.440 e. The van der Waals surface area contributed by atoms with E-state index in [1.54, 1.807) is 11.9 Å². The van der Waals surface area contributed by atoms with Crippen molar-refractivity contribution in [2.75, 3.05) is 20.1 Å². The first-order chi connectivity index (χ1) is 7.56. The lowest BCUT2D eigenvalue weighted by molar-refractivity contribution is -0.150. The number of hydrogen-bond acceptors (Lipinski definition) is 3. The van der Waals surface area contributed by atoms with Crippen molar-refractivity contribution >= 4 is 12.0 Å². The second-order valence-electron chi connectivity index (χ2n) is 4.11. The molecule has 5 nitrogen and oxygen atoms in total. The summed E-state index contributed by atoms with van der Waals surface area (Å²) in [5.41, 5.74) is 0. The van der Waals surface area contributed by atoms with Gasteiger partial charge in [-0.1, -0.05) is 19.8 Å². The highest BCUT2D eigenvalue weighted by atomic mass is 16.6. The van der Waals surface area contributed by atoms with E-state index in [2.05, 4.69) is 6.92 Å². The normalized spacial score (nSPS) is 20.4. The van der Waals surface area contributed by atoms with Crippen LogP contribution >= 0.6 is 0 Å². The minimum Gasteiger partial charge on any atom is -0.440 e. The third-order valence-corrected chi connectivity index (χ3v) is 2.71. The van der Waals surface area contributed by atoms with Crippen LogP contribution in [0.5, 0.6) is 0 Å². The molecule has 0 unspecified atom stereocenters. The fraction of sp³-hybridized carbons (Fsp3) is 0.818. The van der Waals surface area contributed by atoms with Gasteiger partial charge in [0.05, 0.1) is 6.54 Å². The molecule has 1 fully saturated rings. The van der Waals surface area contributed by atoms with E-state index in [1.807, 2.05) is 0 Å². The Labute approximate surface area is 96.3 Å². The Morgan fingerprint density at radius 1 is 1.50 bits per heavy atom. The van der Waals surface area contributed by atoms with E-state index >= 15 is 0 Å². The highest BCUT2D eigenvalue weighted by molar-refractivity contribution is 5.77. The number of esters is 1. The molecule has 0 spiro atoms. The monoisotopic (exact) mass is 228 g/mol. The zero-order valence-electron chi connectivity index (χ0n) is 10.2. The highest BCUT2D eigenvalue weighted by Crippen LogP contribution is 2.15. The SMILES string of the molecule is CCCCCN1C[C@@H](OC(C)=O)N(C)C1=O. The van der Waals surface area contributed by atoms with E-state index in [4.69, 9.17) is 4.74 Å². The molecule has 0 N–H and O–H groups in total. The van der Waals surface area contributed by atoms with Crippen LogP contribution in [-0.2, 0) is 9.53 Å². The Bertz CT molecular complexity index is 268. The molecule has 92 valence electrons. The van der Waals surface area contributed by atoms with Crippen LogP contribution in [0.2, 0.25) is 0 Å². The molecule has 0 saturated carbocycles. The standard InChI is InChI=1S/C11H20N2O3/c1-4-5-6-7-13-8-10(16-9(2)14)12(3)11(13)15/h10H,4-8H2,1-3H3/t10-/m1/s1. The molecular weight excluding hydrogens is 208 g/mol. The molecule has 1 aliphatic rings. The molecule has 0 aliphatic carbocycles. The van der Waals surface area contributed by atoms with Crippen molar-refractivity contribution in [3.8, 4) is 0 Å². The fourth-order valence-corrected chi connectivity index (χ4v) is 1.78. The molecule has 1 saturated heterocycles. The molecule has 1 rings (SSSR count). The van der Waals surface area contributed by atoms with Gasteiger partial charge in [0.2, 0.25) is 0 Å². The molecule has 0 radical (unpaired) electrons. The molecule has 0 aromatic rings. The topological polar surface area (TPSA) is 49.9 Å². The molecule has 1 aliphatic heterocycles. The first-order valence-electron chi connectivity index (χ1n) is 5.75. The molecular formula is C11H20N2O3. The number of unbranched alkanes of at least 4 members (excludes halogenated alkanes) is 2. The van der Waals surface area contributed by atoms with Crippen LogP contribution in [0, 0.1) is 0 Å². The Morgan fingerprint density at radius 2 is 2.19 bits per heavy atom. The van der Waals surface area contributed by atoms with Crippen LogP contribution in [0.1, 0.15) is 33.1 Å². The number of amides is 2. The summed E-state index contributed by atoms with van der Waals surface area (Å²) < 4.78 is 5.05. The number of ether oxygens (including phenoxy) is 1. The number of hydrogen-bond donors (Lipinski definition) is 0. The number of carbonyl (C=O) groups is 2. The van der Waals surface area contributed by atoms with Gasteiger partial charge in [-0.3, -0.25) is 9.69 Å². The number of likely N-dealkylation sites (N-methyl/N-ethyl adjacent to an activating group) is 1. The van der Waals surface area contributed by atoms with Gasteiger partial charge >= 0.3 is 12.0 Å². The van der Waals surface area contributed by atoms with Crippen molar-refractivity contribution in [3.63, 3.8) is 0 Å². The summed E-state index contributed by atoms with van der Waals surface area (Å²) in [6.45, 7) is 4.71. The van der Waals surface area contributed by atoms with Crippen LogP contribution in [0.3, 0.4) is 0 Å². The van der Waals surface area contributed by atoms with E-state index in [0.717, 1.165) is 25.8 Å². The number of urea groups is 1. The Hall–Kier alpha value is -1.26. The Kier molecular flexibility index (Phi) is 4.58. The quantitative estimate of drug-likeness (QED) is 0.528. The first-order valence-corrected chi connectivity index (χ1v) is 5.75.